The third-order valence-corrected chi connectivity index (χ3v) is 3.30. The lowest BCUT2D eigenvalue weighted by Crippen LogP contribution is -2.28. The lowest BCUT2D eigenvalue weighted by Gasteiger charge is -2.17. The van der Waals surface area contributed by atoms with E-state index in [-0.39, 0.29) is 11.9 Å². The monoisotopic (exact) mass is 283 g/mol. The van der Waals surface area contributed by atoms with Crippen LogP contribution in [-0.2, 0) is 0 Å². The minimum atomic E-state index is -0.0766. The van der Waals surface area contributed by atoms with Crippen LogP contribution >= 0.6 is 0 Å². The van der Waals surface area contributed by atoms with E-state index in [1.807, 2.05) is 37.3 Å². The molecule has 4 heteroatoms. The van der Waals surface area contributed by atoms with Crippen molar-refractivity contribution in [2.75, 3.05) is 11.9 Å². The number of rotatable bonds is 6. The molecule has 1 aromatic carbocycles. The minimum absolute atomic E-state index is 0.0226. The predicted molar refractivity (Wildman–Crippen MR) is 85.3 cm³/mol. The van der Waals surface area contributed by atoms with Crippen LogP contribution < -0.4 is 10.6 Å². The van der Waals surface area contributed by atoms with Crippen molar-refractivity contribution in [3.05, 3.63) is 59.8 Å². The van der Waals surface area contributed by atoms with Crippen molar-refractivity contribution in [3.8, 4) is 0 Å². The van der Waals surface area contributed by atoms with E-state index in [1.165, 1.54) is 0 Å². The molecule has 0 bridgehead atoms. The van der Waals surface area contributed by atoms with Crippen molar-refractivity contribution >= 4 is 11.7 Å². The van der Waals surface area contributed by atoms with Gasteiger partial charge in [0.2, 0.25) is 0 Å². The van der Waals surface area contributed by atoms with Crippen LogP contribution in [0.15, 0.2) is 48.7 Å². The number of benzene rings is 1. The van der Waals surface area contributed by atoms with Gasteiger partial charge in [-0.15, -0.1) is 0 Å². The largest absolute Gasteiger partial charge is 0.370 e. The number of carbonyl (C=O) groups excluding carboxylic acids is 1. The normalized spacial score (nSPS) is 11.7. The van der Waals surface area contributed by atoms with Crippen LogP contribution in [0.3, 0.4) is 0 Å². The lowest BCUT2D eigenvalue weighted by molar-refractivity contribution is 0.0935. The van der Waals surface area contributed by atoms with Gasteiger partial charge in [0.05, 0.1) is 6.04 Å². The first-order chi connectivity index (χ1) is 10.2. The summed E-state index contributed by atoms with van der Waals surface area (Å²) in [5.41, 5.74) is 1.74. The van der Waals surface area contributed by atoms with Crippen LogP contribution in [0.1, 0.15) is 42.2 Å². The molecule has 0 saturated heterocycles. The molecule has 4 nitrogen and oxygen atoms in total. The molecule has 0 spiro atoms. The third-order valence-electron chi connectivity index (χ3n) is 3.30. The summed E-state index contributed by atoms with van der Waals surface area (Å²) in [6, 6.07) is 13.5. The third kappa shape index (κ3) is 4.05. The topological polar surface area (TPSA) is 54.0 Å². The maximum absolute atomic E-state index is 12.4. The molecule has 0 saturated carbocycles. The summed E-state index contributed by atoms with van der Waals surface area (Å²) in [6.07, 6.45) is 2.50. The van der Waals surface area contributed by atoms with Crippen LogP contribution in [0.5, 0.6) is 0 Å². The molecular formula is C17H21N3O. The summed E-state index contributed by atoms with van der Waals surface area (Å²) >= 11 is 0. The molecule has 0 fully saturated rings. The average molecular weight is 283 g/mol. The summed E-state index contributed by atoms with van der Waals surface area (Å²) in [7, 11) is 0. The highest BCUT2D eigenvalue weighted by Gasteiger charge is 2.14. The van der Waals surface area contributed by atoms with Gasteiger partial charge in [-0.3, -0.25) is 4.79 Å². The van der Waals surface area contributed by atoms with Gasteiger partial charge >= 0.3 is 0 Å². The number of pyridine rings is 1. The Morgan fingerprint density at radius 3 is 2.62 bits per heavy atom. The van der Waals surface area contributed by atoms with E-state index < -0.39 is 0 Å². The average Bonchev–Trinajstić information content (AvgIpc) is 2.54. The van der Waals surface area contributed by atoms with Crippen molar-refractivity contribution < 1.29 is 4.79 Å². The summed E-state index contributed by atoms with van der Waals surface area (Å²) < 4.78 is 0. The standard InChI is InChI=1S/C17H21N3O/c1-3-15(13-8-6-5-7-9-13)20-17(21)14-10-11-19-16(12-14)18-4-2/h5-12,15H,3-4H2,1-2H3,(H,18,19)(H,20,21). The molecule has 1 amide bonds. The second kappa shape index (κ2) is 7.43. The maximum atomic E-state index is 12.4. The number of nitrogens with zero attached hydrogens (tertiary/aromatic N) is 1. The van der Waals surface area contributed by atoms with Crippen LogP contribution in [0.25, 0.3) is 0 Å². The van der Waals surface area contributed by atoms with Crippen molar-refractivity contribution in [1.29, 1.82) is 0 Å². The van der Waals surface area contributed by atoms with Gasteiger partial charge in [0.15, 0.2) is 0 Å². The van der Waals surface area contributed by atoms with Crippen molar-refractivity contribution in [1.82, 2.24) is 10.3 Å². The second-order valence-corrected chi connectivity index (χ2v) is 4.81. The molecule has 2 rings (SSSR count). The van der Waals surface area contributed by atoms with Crippen LogP contribution in [0, 0.1) is 0 Å². The van der Waals surface area contributed by atoms with Crippen molar-refractivity contribution in [3.63, 3.8) is 0 Å². The van der Waals surface area contributed by atoms with E-state index in [1.54, 1.807) is 18.3 Å². The molecule has 0 aliphatic heterocycles. The van der Waals surface area contributed by atoms with Crippen LogP contribution in [0.2, 0.25) is 0 Å². The van der Waals surface area contributed by atoms with E-state index in [0.717, 1.165) is 24.3 Å². The fraction of sp³-hybridized carbons (Fsp3) is 0.294. The number of nitrogens with one attached hydrogen (secondary N) is 2. The highest BCUT2D eigenvalue weighted by molar-refractivity contribution is 5.95. The zero-order valence-electron chi connectivity index (χ0n) is 12.5. The molecule has 0 aliphatic rings. The quantitative estimate of drug-likeness (QED) is 0.854. The van der Waals surface area contributed by atoms with Crippen molar-refractivity contribution in [2.24, 2.45) is 0 Å². The second-order valence-electron chi connectivity index (χ2n) is 4.81. The number of anilines is 1. The van der Waals surface area contributed by atoms with E-state index in [4.69, 9.17) is 0 Å². The summed E-state index contributed by atoms with van der Waals surface area (Å²) in [5.74, 6) is 0.644. The first kappa shape index (κ1) is 15.0. The Morgan fingerprint density at radius 1 is 1.19 bits per heavy atom. The molecule has 110 valence electrons. The van der Waals surface area contributed by atoms with E-state index in [9.17, 15) is 4.79 Å². The van der Waals surface area contributed by atoms with Gasteiger partial charge in [0.25, 0.3) is 5.91 Å². The Morgan fingerprint density at radius 2 is 1.95 bits per heavy atom. The Bertz CT molecular complexity index is 584. The number of hydrogen-bond acceptors (Lipinski definition) is 3. The fourth-order valence-electron chi connectivity index (χ4n) is 2.20. The van der Waals surface area contributed by atoms with Gasteiger partial charge in [-0.25, -0.2) is 4.98 Å². The van der Waals surface area contributed by atoms with Gasteiger partial charge in [-0.1, -0.05) is 37.3 Å². The number of carbonyl (C=O) groups is 1. The number of hydrogen-bond donors (Lipinski definition) is 2. The molecule has 0 radical (unpaired) electrons. The Balaban J connectivity index is 2.11. The molecule has 1 heterocycles. The highest BCUT2D eigenvalue weighted by Crippen LogP contribution is 2.17. The Labute approximate surface area is 125 Å². The summed E-state index contributed by atoms with van der Waals surface area (Å²) in [5, 5.41) is 6.18. The minimum Gasteiger partial charge on any atom is -0.370 e. The smallest absolute Gasteiger partial charge is 0.251 e. The Hall–Kier alpha value is -2.36. The van der Waals surface area contributed by atoms with E-state index in [0.29, 0.717) is 5.56 Å². The van der Waals surface area contributed by atoms with Crippen LogP contribution in [-0.4, -0.2) is 17.4 Å². The number of aromatic nitrogens is 1. The first-order valence-electron chi connectivity index (χ1n) is 7.30. The molecular weight excluding hydrogens is 262 g/mol. The van der Waals surface area contributed by atoms with Gasteiger partial charge in [-0.2, -0.15) is 0 Å². The molecule has 0 aliphatic carbocycles. The number of amides is 1. The van der Waals surface area contributed by atoms with E-state index >= 15 is 0 Å². The fourth-order valence-corrected chi connectivity index (χ4v) is 2.20. The zero-order valence-corrected chi connectivity index (χ0v) is 12.5. The SMILES string of the molecule is CCNc1cc(C(=O)NC(CC)c2ccccc2)ccn1. The molecule has 1 unspecified atom stereocenters. The first-order valence-corrected chi connectivity index (χ1v) is 7.30. The van der Waals surface area contributed by atoms with Crippen molar-refractivity contribution in [2.45, 2.75) is 26.3 Å². The zero-order chi connectivity index (χ0) is 15.1. The molecule has 2 aromatic rings. The van der Waals surface area contributed by atoms with Gasteiger partial charge in [0.1, 0.15) is 5.82 Å². The summed E-state index contributed by atoms with van der Waals surface area (Å²) in [6.45, 7) is 4.84. The van der Waals surface area contributed by atoms with Gasteiger partial charge in [-0.05, 0) is 31.0 Å². The summed E-state index contributed by atoms with van der Waals surface area (Å²) in [4.78, 5) is 16.6. The molecule has 21 heavy (non-hydrogen) atoms. The molecule has 1 aromatic heterocycles. The van der Waals surface area contributed by atoms with Crippen LogP contribution in [0.4, 0.5) is 5.82 Å². The maximum Gasteiger partial charge on any atom is 0.251 e. The van der Waals surface area contributed by atoms with Gasteiger partial charge < -0.3 is 10.6 Å². The Kier molecular flexibility index (Phi) is 5.32. The highest BCUT2D eigenvalue weighted by atomic mass is 16.1. The molecule has 1 atom stereocenters. The molecule has 2 N–H and O–H groups in total. The lowest BCUT2D eigenvalue weighted by atomic mass is 10.0. The predicted octanol–water partition coefficient (Wildman–Crippen LogP) is 3.39. The van der Waals surface area contributed by atoms with E-state index in [2.05, 4.69) is 22.5 Å². The van der Waals surface area contributed by atoms with Gasteiger partial charge in [0, 0.05) is 18.3 Å².